The van der Waals surface area contributed by atoms with Crippen LogP contribution in [0.25, 0.3) is 10.1 Å². The van der Waals surface area contributed by atoms with Crippen LogP contribution in [0.1, 0.15) is 22.2 Å². The standard InChI is InChI=1S/C21H20FN3O4S/c1-12(19-10-14-15(22)5-4-6-18(14)30-19)24-25-20(26)11-23-21(27)13-7-8-16(28-2)17(9-13)29-3/h4-10H,11H2,1-3H3,(H,23,27)(H,25,26)/b24-12+. The molecule has 0 spiro atoms. The number of nitrogens with zero attached hydrogens (tertiary/aromatic N) is 1. The van der Waals surface area contributed by atoms with Crippen molar-refractivity contribution in [3.63, 3.8) is 0 Å². The first kappa shape index (κ1) is 21.3. The zero-order valence-electron chi connectivity index (χ0n) is 16.6. The number of ether oxygens (including phenoxy) is 2. The van der Waals surface area contributed by atoms with E-state index in [0.29, 0.717) is 28.2 Å². The fourth-order valence-electron chi connectivity index (χ4n) is 2.68. The Morgan fingerprint density at radius 2 is 1.87 bits per heavy atom. The third-order valence-corrected chi connectivity index (χ3v) is 5.48. The van der Waals surface area contributed by atoms with Gasteiger partial charge in [-0.1, -0.05) is 6.07 Å². The van der Waals surface area contributed by atoms with Crippen molar-refractivity contribution in [1.29, 1.82) is 0 Å². The number of hydrogen-bond donors (Lipinski definition) is 2. The first-order valence-electron chi connectivity index (χ1n) is 8.94. The number of benzene rings is 2. The minimum absolute atomic E-state index is 0.259. The Bertz CT molecular complexity index is 1130. The lowest BCUT2D eigenvalue weighted by Gasteiger charge is -2.09. The lowest BCUT2D eigenvalue weighted by molar-refractivity contribution is -0.120. The van der Waals surface area contributed by atoms with Gasteiger partial charge in [-0.15, -0.1) is 11.3 Å². The van der Waals surface area contributed by atoms with Crippen LogP contribution in [-0.4, -0.2) is 38.3 Å². The van der Waals surface area contributed by atoms with Gasteiger partial charge in [0.25, 0.3) is 11.8 Å². The van der Waals surface area contributed by atoms with E-state index in [0.717, 1.165) is 9.58 Å². The number of methoxy groups -OCH3 is 2. The van der Waals surface area contributed by atoms with Gasteiger partial charge in [0.05, 0.1) is 31.4 Å². The van der Waals surface area contributed by atoms with Crippen molar-refractivity contribution in [3.8, 4) is 11.5 Å². The molecule has 0 aliphatic carbocycles. The summed E-state index contributed by atoms with van der Waals surface area (Å²) in [5, 5.41) is 7.07. The highest BCUT2D eigenvalue weighted by Gasteiger charge is 2.12. The molecule has 30 heavy (non-hydrogen) atoms. The minimum Gasteiger partial charge on any atom is -0.493 e. The molecule has 0 atom stereocenters. The number of carbonyl (C=O) groups is 2. The third-order valence-electron chi connectivity index (χ3n) is 4.27. The summed E-state index contributed by atoms with van der Waals surface area (Å²) in [7, 11) is 2.97. The molecule has 0 saturated carbocycles. The zero-order chi connectivity index (χ0) is 21.7. The number of nitrogens with one attached hydrogen (secondary N) is 2. The summed E-state index contributed by atoms with van der Waals surface area (Å²) in [6, 6.07) is 11.3. The van der Waals surface area contributed by atoms with Gasteiger partial charge in [-0.05, 0) is 43.3 Å². The highest BCUT2D eigenvalue weighted by atomic mass is 32.1. The third kappa shape index (κ3) is 4.74. The molecule has 0 aliphatic heterocycles. The molecule has 2 aromatic carbocycles. The smallest absolute Gasteiger partial charge is 0.259 e. The molecule has 7 nitrogen and oxygen atoms in total. The molecule has 1 heterocycles. The fraction of sp³-hybridized carbons (Fsp3) is 0.190. The van der Waals surface area contributed by atoms with Crippen LogP contribution in [-0.2, 0) is 4.79 Å². The van der Waals surface area contributed by atoms with Crippen molar-refractivity contribution >= 4 is 38.9 Å². The predicted octanol–water partition coefficient (Wildman–Crippen LogP) is 3.33. The molecule has 156 valence electrons. The van der Waals surface area contributed by atoms with Crippen LogP contribution in [0.15, 0.2) is 47.6 Å². The average molecular weight is 429 g/mol. The topological polar surface area (TPSA) is 89.0 Å². The molecule has 2 amide bonds. The minimum atomic E-state index is -0.490. The van der Waals surface area contributed by atoms with E-state index in [9.17, 15) is 14.0 Å². The molecule has 9 heteroatoms. The highest BCUT2D eigenvalue weighted by Crippen LogP contribution is 2.28. The number of carbonyl (C=O) groups excluding carboxylic acids is 2. The number of fused-ring (bicyclic) bond motifs is 1. The van der Waals surface area contributed by atoms with E-state index in [1.165, 1.54) is 37.7 Å². The maximum atomic E-state index is 13.8. The Kier molecular flexibility index (Phi) is 6.63. The number of halogens is 1. The summed E-state index contributed by atoms with van der Waals surface area (Å²) in [5.41, 5.74) is 3.25. The molecule has 0 saturated heterocycles. The van der Waals surface area contributed by atoms with Gasteiger partial charge in [0.1, 0.15) is 5.82 Å². The van der Waals surface area contributed by atoms with Crippen LogP contribution in [0, 0.1) is 5.82 Å². The Morgan fingerprint density at radius 3 is 2.57 bits per heavy atom. The van der Waals surface area contributed by atoms with Crippen molar-refractivity contribution in [1.82, 2.24) is 10.7 Å². The first-order valence-corrected chi connectivity index (χ1v) is 9.76. The summed E-state index contributed by atoms with van der Waals surface area (Å²) in [4.78, 5) is 25.0. The second kappa shape index (κ2) is 9.36. The summed E-state index contributed by atoms with van der Waals surface area (Å²) in [5.74, 6) is -0.320. The quantitative estimate of drug-likeness (QED) is 0.445. The van der Waals surface area contributed by atoms with E-state index in [4.69, 9.17) is 9.47 Å². The maximum absolute atomic E-state index is 13.8. The zero-order valence-corrected chi connectivity index (χ0v) is 17.4. The Balaban J connectivity index is 1.58. The monoisotopic (exact) mass is 429 g/mol. The van der Waals surface area contributed by atoms with Crippen LogP contribution in [0.5, 0.6) is 11.5 Å². The number of hydrogen-bond acceptors (Lipinski definition) is 6. The van der Waals surface area contributed by atoms with E-state index >= 15 is 0 Å². The molecule has 3 aromatic rings. The van der Waals surface area contributed by atoms with Gasteiger partial charge < -0.3 is 14.8 Å². The van der Waals surface area contributed by atoms with Gasteiger partial charge >= 0.3 is 0 Å². The van der Waals surface area contributed by atoms with E-state index in [2.05, 4.69) is 15.8 Å². The molecule has 1 aromatic heterocycles. The van der Waals surface area contributed by atoms with Crippen LogP contribution >= 0.6 is 11.3 Å². The highest BCUT2D eigenvalue weighted by molar-refractivity contribution is 7.20. The van der Waals surface area contributed by atoms with E-state index in [-0.39, 0.29) is 12.4 Å². The normalized spacial score (nSPS) is 11.3. The molecule has 0 unspecified atom stereocenters. The summed E-state index contributed by atoms with van der Waals surface area (Å²) < 4.78 is 24.9. The molecule has 0 fully saturated rings. The largest absolute Gasteiger partial charge is 0.493 e. The van der Waals surface area contributed by atoms with Crippen molar-refractivity contribution in [2.45, 2.75) is 6.92 Å². The summed E-state index contributed by atoms with van der Waals surface area (Å²) in [6.45, 7) is 1.45. The van der Waals surface area contributed by atoms with Gasteiger partial charge in [-0.3, -0.25) is 9.59 Å². The van der Waals surface area contributed by atoms with Crippen LogP contribution < -0.4 is 20.2 Å². The molecular weight excluding hydrogens is 409 g/mol. The van der Waals surface area contributed by atoms with Crippen molar-refractivity contribution < 1.29 is 23.5 Å². The molecule has 0 bridgehead atoms. The molecular formula is C21H20FN3O4S. The number of thiophene rings is 1. The predicted molar refractivity (Wildman–Crippen MR) is 114 cm³/mol. The average Bonchev–Trinajstić information content (AvgIpc) is 3.21. The second-order valence-corrected chi connectivity index (χ2v) is 7.33. The lowest BCUT2D eigenvalue weighted by Crippen LogP contribution is -2.35. The Morgan fingerprint density at radius 1 is 1.10 bits per heavy atom. The van der Waals surface area contributed by atoms with Gasteiger partial charge in [0.15, 0.2) is 11.5 Å². The second-order valence-electron chi connectivity index (χ2n) is 6.25. The Labute approximate surface area is 176 Å². The molecule has 2 N–H and O–H groups in total. The van der Waals surface area contributed by atoms with Gasteiger partial charge in [-0.25, -0.2) is 9.82 Å². The van der Waals surface area contributed by atoms with Crippen molar-refractivity contribution in [3.05, 3.63) is 58.7 Å². The van der Waals surface area contributed by atoms with Crippen LogP contribution in [0.4, 0.5) is 4.39 Å². The van der Waals surface area contributed by atoms with Crippen LogP contribution in [0.3, 0.4) is 0 Å². The van der Waals surface area contributed by atoms with Gasteiger partial charge in [-0.2, -0.15) is 5.10 Å². The Hall–Kier alpha value is -3.46. The van der Waals surface area contributed by atoms with Gasteiger partial charge in [0, 0.05) is 15.6 Å². The number of hydrazone groups is 1. The van der Waals surface area contributed by atoms with E-state index in [1.54, 1.807) is 31.2 Å². The molecule has 3 rings (SSSR count). The number of amides is 2. The van der Waals surface area contributed by atoms with Crippen LogP contribution in [0.2, 0.25) is 0 Å². The maximum Gasteiger partial charge on any atom is 0.259 e. The van der Waals surface area contributed by atoms with E-state index < -0.39 is 11.8 Å². The summed E-state index contributed by atoms with van der Waals surface area (Å²) in [6.07, 6.45) is 0. The van der Waals surface area contributed by atoms with E-state index in [1.807, 2.05) is 6.07 Å². The first-order chi connectivity index (χ1) is 14.4. The lowest BCUT2D eigenvalue weighted by atomic mass is 10.2. The van der Waals surface area contributed by atoms with Crippen molar-refractivity contribution in [2.24, 2.45) is 5.10 Å². The van der Waals surface area contributed by atoms with Gasteiger partial charge in [0.2, 0.25) is 0 Å². The van der Waals surface area contributed by atoms with Crippen molar-refractivity contribution in [2.75, 3.05) is 20.8 Å². The SMILES string of the molecule is COc1ccc(C(=O)NCC(=O)N/N=C(\C)c2cc3c(F)cccc3s2)cc1OC. The summed E-state index contributed by atoms with van der Waals surface area (Å²) >= 11 is 1.38. The molecule has 0 radical (unpaired) electrons. The number of rotatable bonds is 7. The molecule has 0 aliphatic rings. The fourth-order valence-corrected chi connectivity index (χ4v) is 3.70.